The van der Waals surface area contributed by atoms with E-state index in [4.69, 9.17) is 9.47 Å². The molecule has 2 aromatic heterocycles. The van der Waals surface area contributed by atoms with Crippen molar-refractivity contribution >= 4 is 34.0 Å². The minimum atomic E-state index is 0.630. The number of nitrogens with one attached hydrogen (secondary N) is 1. The lowest BCUT2D eigenvalue weighted by Crippen LogP contribution is -2.01. The van der Waals surface area contributed by atoms with E-state index in [-0.39, 0.29) is 0 Å². The van der Waals surface area contributed by atoms with E-state index in [0.717, 1.165) is 27.7 Å². The van der Waals surface area contributed by atoms with E-state index in [1.807, 2.05) is 35.0 Å². The summed E-state index contributed by atoms with van der Waals surface area (Å²) >= 11 is 3.19. The Morgan fingerprint density at radius 1 is 1.24 bits per heavy atom. The first kappa shape index (κ1) is 17.4. The van der Waals surface area contributed by atoms with E-state index in [9.17, 15) is 0 Å². The average molecular weight is 374 g/mol. The van der Waals surface area contributed by atoms with E-state index < -0.39 is 0 Å². The number of thiophene rings is 1. The molecule has 0 aliphatic carbocycles. The third kappa shape index (κ3) is 4.37. The number of hydrazone groups is 1. The number of ether oxygens (including phenoxy) is 2. The third-order valence-electron chi connectivity index (χ3n) is 3.32. The van der Waals surface area contributed by atoms with Crippen molar-refractivity contribution in [1.29, 1.82) is 0 Å². The van der Waals surface area contributed by atoms with Gasteiger partial charge in [-0.1, -0.05) is 19.1 Å². The van der Waals surface area contributed by atoms with Gasteiger partial charge in [-0.25, -0.2) is 4.98 Å². The van der Waals surface area contributed by atoms with E-state index in [2.05, 4.69) is 28.5 Å². The van der Waals surface area contributed by atoms with Gasteiger partial charge in [-0.15, -0.1) is 22.7 Å². The molecule has 0 bridgehead atoms. The van der Waals surface area contributed by atoms with Crippen molar-refractivity contribution in [2.75, 3.05) is 19.1 Å². The highest BCUT2D eigenvalue weighted by molar-refractivity contribution is 7.15. The third-order valence-corrected chi connectivity index (χ3v) is 4.96. The molecule has 7 heteroatoms. The van der Waals surface area contributed by atoms with E-state index >= 15 is 0 Å². The normalized spacial score (nSPS) is 11.0. The topological polar surface area (TPSA) is 55.7 Å². The van der Waals surface area contributed by atoms with Crippen LogP contribution in [0.2, 0.25) is 0 Å². The van der Waals surface area contributed by atoms with Crippen molar-refractivity contribution in [2.45, 2.75) is 13.3 Å². The van der Waals surface area contributed by atoms with Gasteiger partial charge in [-0.05, 0) is 30.0 Å². The van der Waals surface area contributed by atoms with Crippen LogP contribution >= 0.6 is 22.7 Å². The second-order valence-corrected chi connectivity index (χ2v) is 6.92. The number of methoxy groups -OCH3 is 1. The van der Waals surface area contributed by atoms with Crippen LogP contribution in [0.3, 0.4) is 0 Å². The molecule has 3 aromatic rings. The molecule has 0 aliphatic heterocycles. The first-order chi connectivity index (χ1) is 12.3. The van der Waals surface area contributed by atoms with Gasteiger partial charge in [-0.3, -0.25) is 5.43 Å². The van der Waals surface area contributed by atoms with Gasteiger partial charge in [0.25, 0.3) is 0 Å². The second-order valence-electron chi connectivity index (χ2n) is 5.11. The van der Waals surface area contributed by atoms with Crippen molar-refractivity contribution in [3.05, 3.63) is 46.7 Å². The van der Waals surface area contributed by atoms with Crippen LogP contribution in [0.1, 0.15) is 18.9 Å². The van der Waals surface area contributed by atoms with Crippen LogP contribution in [0.25, 0.3) is 10.6 Å². The number of para-hydroxylation sites is 1. The maximum Gasteiger partial charge on any atom is 0.203 e. The predicted octanol–water partition coefficient (Wildman–Crippen LogP) is 5.12. The molecule has 0 saturated heterocycles. The summed E-state index contributed by atoms with van der Waals surface area (Å²) in [5.74, 6) is 1.41. The highest BCUT2D eigenvalue weighted by Gasteiger charge is 2.09. The molecular weight excluding hydrogens is 354 g/mol. The molecule has 25 heavy (non-hydrogen) atoms. The molecule has 2 heterocycles. The molecule has 0 saturated carbocycles. The van der Waals surface area contributed by atoms with Crippen LogP contribution in [0.4, 0.5) is 5.13 Å². The smallest absolute Gasteiger partial charge is 0.203 e. The number of hydrogen-bond donors (Lipinski definition) is 1. The van der Waals surface area contributed by atoms with Gasteiger partial charge in [0.05, 0.1) is 30.5 Å². The van der Waals surface area contributed by atoms with Crippen molar-refractivity contribution in [3.63, 3.8) is 0 Å². The van der Waals surface area contributed by atoms with E-state index in [1.54, 1.807) is 24.7 Å². The van der Waals surface area contributed by atoms with Crippen LogP contribution in [0.5, 0.6) is 11.5 Å². The van der Waals surface area contributed by atoms with Crippen molar-refractivity contribution in [1.82, 2.24) is 4.98 Å². The number of rotatable bonds is 8. The molecule has 0 aliphatic rings. The molecular formula is C18H19N3O2S2. The van der Waals surface area contributed by atoms with Crippen LogP contribution in [0.15, 0.2) is 46.2 Å². The van der Waals surface area contributed by atoms with Gasteiger partial charge in [0, 0.05) is 10.9 Å². The minimum absolute atomic E-state index is 0.630. The molecule has 130 valence electrons. The zero-order valence-corrected chi connectivity index (χ0v) is 15.7. The first-order valence-corrected chi connectivity index (χ1v) is 9.66. The maximum absolute atomic E-state index is 5.81. The zero-order valence-electron chi connectivity index (χ0n) is 14.1. The van der Waals surface area contributed by atoms with E-state index in [1.165, 1.54) is 11.3 Å². The molecule has 0 radical (unpaired) electrons. The Labute approximate surface area is 155 Å². The zero-order chi connectivity index (χ0) is 17.5. The number of aromatic nitrogens is 1. The van der Waals surface area contributed by atoms with E-state index in [0.29, 0.717) is 18.1 Å². The number of nitrogens with zero attached hydrogens (tertiary/aromatic N) is 2. The molecule has 0 amide bonds. The van der Waals surface area contributed by atoms with Gasteiger partial charge >= 0.3 is 0 Å². The van der Waals surface area contributed by atoms with Gasteiger partial charge in [0.1, 0.15) is 0 Å². The molecule has 1 N–H and O–H groups in total. The Hall–Kier alpha value is -2.38. The monoisotopic (exact) mass is 373 g/mol. The van der Waals surface area contributed by atoms with Crippen LogP contribution < -0.4 is 14.9 Å². The fraction of sp³-hybridized carbons (Fsp3) is 0.222. The SMILES string of the molecule is CCCOc1c(/C=N\Nc2nc(-c3cccs3)cs2)cccc1OC. The lowest BCUT2D eigenvalue weighted by Gasteiger charge is -2.12. The Morgan fingerprint density at radius 3 is 2.92 bits per heavy atom. The lowest BCUT2D eigenvalue weighted by atomic mass is 10.2. The van der Waals surface area contributed by atoms with Crippen LogP contribution in [0, 0.1) is 0 Å². The highest BCUT2D eigenvalue weighted by Crippen LogP contribution is 2.31. The quantitative estimate of drug-likeness (QED) is 0.440. The maximum atomic E-state index is 5.81. The second kappa shape index (κ2) is 8.64. The van der Waals surface area contributed by atoms with Gasteiger partial charge in [0.2, 0.25) is 5.13 Å². The molecule has 0 unspecified atom stereocenters. The summed E-state index contributed by atoms with van der Waals surface area (Å²) in [6.07, 6.45) is 2.65. The molecule has 1 aromatic carbocycles. The summed E-state index contributed by atoms with van der Waals surface area (Å²) in [5.41, 5.74) is 4.80. The van der Waals surface area contributed by atoms with Gasteiger partial charge in [0.15, 0.2) is 11.5 Å². The summed E-state index contributed by atoms with van der Waals surface area (Å²) in [4.78, 5) is 5.69. The lowest BCUT2D eigenvalue weighted by molar-refractivity contribution is 0.294. The summed E-state index contributed by atoms with van der Waals surface area (Å²) in [7, 11) is 1.63. The number of anilines is 1. The Bertz CT molecular complexity index is 829. The van der Waals surface area contributed by atoms with Crippen LogP contribution in [-0.2, 0) is 0 Å². The fourth-order valence-electron chi connectivity index (χ4n) is 2.17. The molecule has 0 atom stereocenters. The fourth-order valence-corrected chi connectivity index (χ4v) is 3.59. The standard InChI is InChI=1S/C18H19N3O2S2/c1-3-9-23-17-13(6-4-7-15(17)22-2)11-19-21-18-20-14(12-25-18)16-8-5-10-24-16/h4-8,10-12H,3,9H2,1-2H3,(H,20,21)/b19-11-. The highest BCUT2D eigenvalue weighted by atomic mass is 32.1. The number of hydrogen-bond acceptors (Lipinski definition) is 7. The molecule has 0 spiro atoms. The molecule has 3 rings (SSSR count). The Morgan fingerprint density at radius 2 is 2.16 bits per heavy atom. The predicted molar refractivity (Wildman–Crippen MR) is 105 cm³/mol. The molecule has 0 fully saturated rings. The first-order valence-electron chi connectivity index (χ1n) is 7.90. The van der Waals surface area contributed by atoms with Gasteiger partial charge in [-0.2, -0.15) is 5.10 Å². The Kier molecular flexibility index (Phi) is 6.03. The Balaban J connectivity index is 1.72. The largest absolute Gasteiger partial charge is 0.493 e. The summed E-state index contributed by atoms with van der Waals surface area (Å²) in [6, 6.07) is 9.81. The summed E-state index contributed by atoms with van der Waals surface area (Å²) in [5, 5.41) is 9.10. The van der Waals surface area contributed by atoms with Gasteiger partial charge < -0.3 is 9.47 Å². The minimum Gasteiger partial charge on any atom is -0.493 e. The number of benzene rings is 1. The van der Waals surface area contributed by atoms with Crippen molar-refractivity contribution < 1.29 is 9.47 Å². The number of thiazole rings is 1. The summed E-state index contributed by atoms with van der Waals surface area (Å²) in [6.45, 7) is 2.70. The average Bonchev–Trinajstić information content (AvgIpc) is 3.31. The van der Waals surface area contributed by atoms with Crippen molar-refractivity contribution in [2.24, 2.45) is 5.10 Å². The van der Waals surface area contributed by atoms with Crippen LogP contribution in [-0.4, -0.2) is 24.9 Å². The van der Waals surface area contributed by atoms with Crippen molar-refractivity contribution in [3.8, 4) is 22.1 Å². The summed E-state index contributed by atoms with van der Waals surface area (Å²) < 4.78 is 11.2. The molecule has 5 nitrogen and oxygen atoms in total.